The molecule has 108 valence electrons. The standard InChI is InChI=1S/C16H15NO4/c1-11(21-14-5-3-2-4-6-14)15(18)17-13-9-7-12(8-10-13)16(19)20/h2-11H,1H3,(H,17,18)(H,19,20). The Morgan fingerprint density at radius 1 is 1.05 bits per heavy atom. The summed E-state index contributed by atoms with van der Waals surface area (Å²) < 4.78 is 5.50. The van der Waals surface area contributed by atoms with E-state index in [0.29, 0.717) is 11.4 Å². The van der Waals surface area contributed by atoms with Crippen LogP contribution in [0.1, 0.15) is 17.3 Å². The lowest BCUT2D eigenvalue weighted by Crippen LogP contribution is -2.30. The van der Waals surface area contributed by atoms with Gasteiger partial charge in [-0.15, -0.1) is 0 Å². The van der Waals surface area contributed by atoms with Crippen molar-refractivity contribution in [2.45, 2.75) is 13.0 Å². The normalized spacial score (nSPS) is 11.5. The first-order chi connectivity index (χ1) is 10.1. The highest BCUT2D eigenvalue weighted by Gasteiger charge is 2.14. The summed E-state index contributed by atoms with van der Waals surface area (Å²) in [6, 6.07) is 15.0. The highest BCUT2D eigenvalue weighted by molar-refractivity contribution is 5.95. The Labute approximate surface area is 122 Å². The highest BCUT2D eigenvalue weighted by Crippen LogP contribution is 2.13. The molecule has 0 bridgehead atoms. The average molecular weight is 285 g/mol. The summed E-state index contributed by atoms with van der Waals surface area (Å²) in [6.07, 6.45) is -0.661. The number of carbonyl (C=O) groups excluding carboxylic acids is 1. The second-order valence-corrected chi connectivity index (χ2v) is 4.44. The Bertz CT molecular complexity index is 622. The Hall–Kier alpha value is -2.82. The quantitative estimate of drug-likeness (QED) is 0.885. The third-order valence-corrected chi connectivity index (χ3v) is 2.82. The van der Waals surface area contributed by atoms with Gasteiger partial charge in [0.25, 0.3) is 5.91 Å². The second kappa shape index (κ2) is 6.56. The summed E-state index contributed by atoms with van der Waals surface area (Å²) >= 11 is 0. The molecule has 0 radical (unpaired) electrons. The van der Waals surface area contributed by atoms with Crippen molar-refractivity contribution in [3.63, 3.8) is 0 Å². The number of amides is 1. The zero-order valence-corrected chi connectivity index (χ0v) is 11.4. The van der Waals surface area contributed by atoms with Crippen LogP contribution in [0.3, 0.4) is 0 Å². The van der Waals surface area contributed by atoms with E-state index in [2.05, 4.69) is 5.32 Å². The minimum atomic E-state index is -1.01. The number of ether oxygens (including phenoxy) is 1. The zero-order chi connectivity index (χ0) is 15.2. The van der Waals surface area contributed by atoms with E-state index in [1.54, 1.807) is 19.1 Å². The number of hydrogen-bond donors (Lipinski definition) is 2. The van der Waals surface area contributed by atoms with E-state index in [1.807, 2.05) is 18.2 Å². The van der Waals surface area contributed by atoms with Gasteiger partial charge in [-0.1, -0.05) is 18.2 Å². The fourth-order valence-corrected chi connectivity index (χ4v) is 1.70. The van der Waals surface area contributed by atoms with Crippen LogP contribution < -0.4 is 10.1 Å². The van der Waals surface area contributed by atoms with Crippen LogP contribution in [0.25, 0.3) is 0 Å². The van der Waals surface area contributed by atoms with E-state index in [1.165, 1.54) is 24.3 Å². The first-order valence-corrected chi connectivity index (χ1v) is 6.42. The Morgan fingerprint density at radius 2 is 1.67 bits per heavy atom. The molecular formula is C16H15NO4. The number of carboxylic acid groups (broad SMARTS) is 1. The first kappa shape index (κ1) is 14.6. The van der Waals surface area contributed by atoms with Gasteiger partial charge in [-0.2, -0.15) is 0 Å². The molecule has 2 aromatic rings. The highest BCUT2D eigenvalue weighted by atomic mass is 16.5. The molecule has 0 fully saturated rings. The largest absolute Gasteiger partial charge is 0.481 e. The van der Waals surface area contributed by atoms with Crippen molar-refractivity contribution >= 4 is 17.6 Å². The molecule has 0 saturated heterocycles. The molecule has 1 atom stereocenters. The Kier molecular flexibility index (Phi) is 4.56. The maximum absolute atomic E-state index is 12.0. The lowest BCUT2D eigenvalue weighted by molar-refractivity contribution is -0.122. The molecule has 2 N–H and O–H groups in total. The fourth-order valence-electron chi connectivity index (χ4n) is 1.70. The Balaban J connectivity index is 1.95. The Morgan fingerprint density at radius 3 is 2.24 bits per heavy atom. The lowest BCUT2D eigenvalue weighted by atomic mass is 10.2. The monoisotopic (exact) mass is 285 g/mol. The van der Waals surface area contributed by atoms with E-state index in [0.717, 1.165) is 0 Å². The predicted molar refractivity (Wildman–Crippen MR) is 78.6 cm³/mol. The SMILES string of the molecule is CC(Oc1ccccc1)C(=O)Nc1ccc(C(=O)O)cc1. The summed E-state index contributed by atoms with van der Waals surface area (Å²) in [6.45, 7) is 1.65. The first-order valence-electron chi connectivity index (χ1n) is 6.42. The lowest BCUT2D eigenvalue weighted by Gasteiger charge is -2.14. The number of rotatable bonds is 5. The van der Waals surface area contributed by atoms with Crippen LogP contribution in [-0.4, -0.2) is 23.1 Å². The van der Waals surface area contributed by atoms with Crippen molar-refractivity contribution in [1.29, 1.82) is 0 Å². The molecule has 5 nitrogen and oxygen atoms in total. The minimum absolute atomic E-state index is 0.168. The number of carboxylic acids is 1. The maximum Gasteiger partial charge on any atom is 0.335 e. The molecule has 1 amide bonds. The summed E-state index contributed by atoms with van der Waals surface area (Å²) in [7, 11) is 0. The van der Waals surface area contributed by atoms with Gasteiger partial charge in [0.1, 0.15) is 5.75 Å². The zero-order valence-electron chi connectivity index (χ0n) is 11.4. The third kappa shape index (κ3) is 4.07. The molecule has 0 aliphatic heterocycles. The van der Waals surface area contributed by atoms with E-state index in [9.17, 15) is 9.59 Å². The summed E-state index contributed by atoms with van der Waals surface area (Å²) in [5.74, 6) is -0.697. The number of carbonyl (C=O) groups is 2. The summed E-state index contributed by atoms with van der Waals surface area (Å²) in [5.41, 5.74) is 0.690. The topological polar surface area (TPSA) is 75.6 Å². The van der Waals surface area contributed by atoms with E-state index in [-0.39, 0.29) is 11.5 Å². The van der Waals surface area contributed by atoms with Crippen molar-refractivity contribution in [3.8, 4) is 5.75 Å². The number of para-hydroxylation sites is 1. The van der Waals surface area contributed by atoms with Crippen LogP contribution >= 0.6 is 0 Å². The van der Waals surface area contributed by atoms with Gasteiger partial charge < -0.3 is 15.2 Å². The molecule has 0 aliphatic carbocycles. The third-order valence-electron chi connectivity index (χ3n) is 2.82. The molecule has 5 heteroatoms. The second-order valence-electron chi connectivity index (χ2n) is 4.44. The molecule has 2 aromatic carbocycles. The molecule has 0 saturated carbocycles. The van der Waals surface area contributed by atoms with Gasteiger partial charge in [-0.3, -0.25) is 4.79 Å². The van der Waals surface area contributed by atoms with Crippen LogP contribution in [0.15, 0.2) is 54.6 Å². The van der Waals surface area contributed by atoms with Crippen LogP contribution in [-0.2, 0) is 4.79 Å². The van der Waals surface area contributed by atoms with E-state index in [4.69, 9.17) is 9.84 Å². The van der Waals surface area contributed by atoms with Crippen molar-refractivity contribution in [3.05, 3.63) is 60.2 Å². The van der Waals surface area contributed by atoms with Gasteiger partial charge in [0, 0.05) is 5.69 Å². The van der Waals surface area contributed by atoms with Crippen molar-refractivity contribution in [2.75, 3.05) is 5.32 Å². The number of anilines is 1. The molecule has 21 heavy (non-hydrogen) atoms. The number of nitrogens with one attached hydrogen (secondary N) is 1. The summed E-state index contributed by atoms with van der Waals surface area (Å²) in [4.78, 5) is 22.7. The van der Waals surface area contributed by atoms with Crippen LogP contribution in [0.5, 0.6) is 5.75 Å². The van der Waals surface area contributed by atoms with Gasteiger partial charge in [0.15, 0.2) is 6.10 Å². The molecular weight excluding hydrogens is 270 g/mol. The number of benzene rings is 2. The van der Waals surface area contributed by atoms with Crippen molar-refractivity contribution in [2.24, 2.45) is 0 Å². The van der Waals surface area contributed by atoms with Gasteiger partial charge in [0.2, 0.25) is 0 Å². The van der Waals surface area contributed by atoms with Crippen molar-refractivity contribution in [1.82, 2.24) is 0 Å². The minimum Gasteiger partial charge on any atom is -0.481 e. The molecule has 1 unspecified atom stereocenters. The molecule has 0 aromatic heterocycles. The van der Waals surface area contributed by atoms with Gasteiger partial charge in [0.05, 0.1) is 5.56 Å². The van der Waals surface area contributed by atoms with Crippen LogP contribution in [0.2, 0.25) is 0 Å². The smallest absolute Gasteiger partial charge is 0.335 e. The van der Waals surface area contributed by atoms with E-state index < -0.39 is 12.1 Å². The number of aromatic carboxylic acids is 1. The molecule has 0 heterocycles. The molecule has 0 spiro atoms. The summed E-state index contributed by atoms with van der Waals surface area (Å²) in [5, 5.41) is 11.5. The number of hydrogen-bond acceptors (Lipinski definition) is 3. The fraction of sp³-hybridized carbons (Fsp3) is 0.125. The van der Waals surface area contributed by atoms with E-state index >= 15 is 0 Å². The van der Waals surface area contributed by atoms with Crippen molar-refractivity contribution < 1.29 is 19.4 Å². The molecule has 2 rings (SSSR count). The van der Waals surface area contributed by atoms with Gasteiger partial charge >= 0.3 is 5.97 Å². The van der Waals surface area contributed by atoms with Crippen LogP contribution in [0, 0.1) is 0 Å². The maximum atomic E-state index is 12.0. The molecule has 0 aliphatic rings. The average Bonchev–Trinajstić information content (AvgIpc) is 2.48. The van der Waals surface area contributed by atoms with Gasteiger partial charge in [-0.05, 0) is 43.3 Å². The van der Waals surface area contributed by atoms with Gasteiger partial charge in [-0.25, -0.2) is 4.79 Å². The van der Waals surface area contributed by atoms with Crippen LogP contribution in [0.4, 0.5) is 5.69 Å². The predicted octanol–water partition coefficient (Wildman–Crippen LogP) is 2.79.